The van der Waals surface area contributed by atoms with Crippen molar-refractivity contribution in [3.63, 3.8) is 0 Å². The molecule has 20 heavy (non-hydrogen) atoms. The van der Waals surface area contributed by atoms with E-state index in [-0.39, 0.29) is 11.9 Å². The van der Waals surface area contributed by atoms with E-state index in [2.05, 4.69) is 5.32 Å². The molecule has 0 bridgehead atoms. The van der Waals surface area contributed by atoms with Gasteiger partial charge in [0, 0.05) is 10.9 Å². The van der Waals surface area contributed by atoms with Crippen LogP contribution in [0.15, 0.2) is 29.2 Å². The average Bonchev–Trinajstić information content (AvgIpc) is 2.34. The number of hydrogen-bond donors (Lipinski definition) is 2. The SMILES string of the molecule is CC(C)NC(C)(CCCSc1cccc(F)c1)C(=O)O. The Morgan fingerprint density at radius 3 is 2.75 bits per heavy atom. The zero-order chi connectivity index (χ0) is 15.2. The van der Waals surface area contributed by atoms with Crippen molar-refractivity contribution < 1.29 is 14.3 Å². The zero-order valence-electron chi connectivity index (χ0n) is 12.1. The molecule has 2 N–H and O–H groups in total. The Hall–Kier alpha value is -1.07. The zero-order valence-corrected chi connectivity index (χ0v) is 13.0. The number of hydrogen-bond acceptors (Lipinski definition) is 3. The van der Waals surface area contributed by atoms with Crippen LogP contribution in [0.5, 0.6) is 0 Å². The normalized spacial score (nSPS) is 14.2. The van der Waals surface area contributed by atoms with Crippen LogP contribution in [0.3, 0.4) is 0 Å². The summed E-state index contributed by atoms with van der Waals surface area (Å²) in [6, 6.07) is 6.56. The summed E-state index contributed by atoms with van der Waals surface area (Å²) in [6.45, 7) is 5.58. The largest absolute Gasteiger partial charge is 0.480 e. The third-order valence-corrected chi connectivity index (χ3v) is 4.05. The van der Waals surface area contributed by atoms with Crippen molar-refractivity contribution >= 4 is 17.7 Å². The minimum Gasteiger partial charge on any atom is -0.480 e. The molecule has 0 heterocycles. The van der Waals surface area contributed by atoms with E-state index in [1.165, 1.54) is 12.1 Å². The molecule has 0 radical (unpaired) electrons. The quantitative estimate of drug-likeness (QED) is 0.569. The Kier molecular flexibility index (Phi) is 6.49. The molecule has 0 saturated carbocycles. The molecule has 0 spiro atoms. The van der Waals surface area contributed by atoms with E-state index in [0.29, 0.717) is 6.42 Å². The minimum atomic E-state index is -0.906. The molecule has 0 fully saturated rings. The smallest absolute Gasteiger partial charge is 0.323 e. The highest BCUT2D eigenvalue weighted by Crippen LogP contribution is 2.22. The maximum absolute atomic E-state index is 13.0. The van der Waals surface area contributed by atoms with Crippen LogP contribution in [0.2, 0.25) is 0 Å². The average molecular weight is 299 g/mol. The van der Waals surface area contributed by atoms with Crippen LogP contribution in [0, 0.1) is 5.82 Å². The fourth-order valence-electron chi connectivity index (χ4n) is 2.05. The Balaban J connectivity index is 2.43. The Morgan fingerprint density at radius 1 is 1.50 bits per heavy atom. The lowest BCUT2D eigenvalue weighted by molar-refractivity contribution is -0.144. The van der Waals surface area contributed by atoms with Crippen molar-refractivity contribution in [2.75, 3.05) is 5.75 Å². The molecule has 1 rings (SSSR count). The molecular formula is C15H22FNO2S. The molecule has 0 aliphatic rings. The van der Waals surface area contributed by atoms with Crippen LogP contribution < -0.4 is 5.32 Å². The number of thioether (sulfide) groups is 1. The molecule has 0 amide bonds. The molecule has 0 aliphatic carbocycles. The third kappa shape index (κ3) is 5.51. The molecule has 3 nitrogen and oxygen atoms in total. The van der Waals surface area contributed by atoms with Crippen molar-refractivity contribution in [1.82, 2.24) is 5.32 Å². The summed E-state index contributed by atoms with van der Waals surface area (Å²) in [5.41, 5.74) is -0.906. The van der Waals surface area contributed by atoms with Crippen LogP contribution in [-0.2, 0) is 4.79 Å². The summed E-state index contributed by atoms with van der Waals surface area (Å²) in [5.74, 6) is -0.305. The maximum Gasteiger partial charge on any atom is 0.323 e. The van der Waals surface area contributed by atoms with Gasteiger partial charge in [-0.1, -0.05) is 6.07 Å². The molecule has 0 aromatic heterocycles. The number of carboxylic acid groups (broad SMARTS) is 1. The first-order chi connectivity index (χ1) is 9.33. The van der Waals surface area contributed by atoms with E-state index < -0.39 is 11.5 Å². The van der Waals surface area contributed by atoms with Crippen LogP contribution >= 0.6 is 11.8 Å². The number of rotatable bonds is 8. The fraction of sp³-hybridized carbons (Fsp3) is 0.533. The van der Waals surface area contributed by atoms with Crippen LogP contribution in [-0.4, -0.2) is 28.4 Å². The highest BCUT2D eigenvalue weighted by Gasteiger charge is 2.32. The standard InChI is InChI=1S/C15H22FNO2S/c1-11(2)17-15(3,14(18)19)8-5-9-20-13-7-4-6-12(16)10-13/h4,6-7,10-11,17H,5,8-9H2,1-3H3,(H,18,19). The number of carboxylic acids is 1. The molecule has 5 heteroatoms. The molecule has 0 saturated heterocycles. The number of aliphatic carboxylic acids is 1. The topological polar surface area (TPSA) is 49.3 Å². The number of halogens is 1. The summed E-state index contributed by atoms with van der Waals surface area (Å²) in [7, 11) is 0. The van der Waals surface area contributed by atoms with Gasteiger partial charge < -0.3 is 5.11 Å². The lowest BCUT2D eigenvalue weighted by atomic mass is 9.95. The van der Waals surface area contributed by atoms with Crippen molar-refractivity contribution in [3.8, 4) is 0 Å². The van der Waals surface area contributed by atoms with E-state index in [4.69, 9.17) is 0 Å². The Morgan fingerprint density at radius 2 is 2.20 bits per heavy atom. The maximum atomic E-state index is 13.0. The highest BCUT2D eigenvalue weighted by molar-refractivity contribution is 7.99. The first kappa shape index (κ1) is 17.0. The summed E-state index contributed by atoms with van der Waals surface area (Å²) in [4.78, 5) is 12.2. The van der Waals surface area contributed by atoms with E-state index in [9.17, 15) is 14.3 Å². The van der Waals surface area contributed by atoms with Gasteiger partial charge in [-0.25, -0.2) is 4.39 Å². The second-order valence-electron chi connectivity index (χ2n) is 5.35. The Bertz CT molecular complexity index is 453. The lowest BCUT2D eigenvalue weighted by Crippen LogP contribution is -2.52. The van der Waals surface area contributed by atoms with E-state index in [1.54, 1.807) is 24.8 Å². The fourth-order valence-corrected chi connectivity index (χ4v) is 2.95. The van der Waals surface area contributed by atoms with Crippen molar-refractivity contribution in [1.29, 1.82) is 0 Å². The first-order valence-electron chi connectivity index (χ1n) is 6.73. The molecule has 1 aromatic rings. The van der Waals surface area contributed by atoms with Gasteiger partial charge in [0.15, 0.2) is 0 Å². The molecular weight excluding hydrogens is 277 g/mol. The molecule has 1 unspecified atom stereocenters. The van der Waals surface area contributed by atoms with Crippen molar-refractivity contribution in [2.24, 2.45) is 0 Å². The van der Waals surface area contributed by atoms with Gasteiger partial charge in [0.25, 0.3) is 0 Å². The van der Waals surface area contributed by atoms with Gasteiger partial charge in [0.2, 0.25) is 0 Å². The summed E-state index contributed by atoms with van der Waals surface area (Å²) >= 11 is 1.55. The molecule has 1 aromatic carbocycles. The van der Waals surface area contributed by atoms with Gasteiger partial charge in [0.05, 0.1) is 0 Å². The lowest BCUT2D eigenvalue weighted by Gasteiger charge is -2.28. The van der Waals surface area contributed by atoms with E-state index in [1.807, 2.05) is 19.9 Å². The number of carbonyl (C=O) groups is 1. The van der Waals surface area contributed by atoms with Gasteiger partial charge in [0.1, 0.15) is 11.4 Å². The van der Waals surface area contributed by atoms with Gasteiger partial charge in [-0.2, -0.15) is 0 Å². The van der Waals surface area contributed by atoms with Gasteiger partial charge >= 0.3 is 5.97 Å². The highest BCUT2D eigenvalue weighted by atomic mass is 32.2. The van der Waals surface area contributed by atoms with Crippen molar-refractivity contribution in [2.45, 2.75) is 50.1 Å². The predicted molar refractivity (Wildman–Crippen MR) is 80.7 cm³/mol. The summed E-state index contributed by atoms with van der Waals surface area (Å²) in [5, 5.41) is 12.4. The number of benzene rings is 1. The Labute approximate surface area is 124 Å². The molecule has 112 valence electrons. The van der Waals surface area contributed by atoms with Gasteiger partial charge in [-0.15, -0.1) is 11.8 Å². The minimum absolute atomic E-state index is 0.118. The van der Waals surface area contributed by atoms with Crippen LogP contribution in [0.4, 0.5) is 4.39 Å². The first-order valence-corrected chi connectivity index (χ1v) is 7.71. The molecule has 0 aliphatic heterocycles. The summed E-state index contributed by atoms with van der Waals surface area (Å²) in [6.07, 6.45) is 1.30. The van der Waals surface area contributed by atoms with Crippen LogP contribution in [0.1, 0.15) is 33.6 Å². The second-order valence-corrected chi connectivity index (χ2v) is 6.51. The predicted octanol–water partition coefficient (Wildman–Crippen LogP) is 3.54. The van der Waals surface area contributed by atoms with Gasteiger partial charge in [-0.3, -0.25) is 10.1 Å². The van der Waals surface area contributed by atoms with Crippen LogP contribution in [0.25, 0.3) is 0 Å². The monoisotopic (exact) mass is 299 g/mol. The van der Waals surface area contributed by atoms with E-state index in [0.717, 1.165) is 17.1 Å². The second kappa shape index (κ2) is 7.64. The van der Waals surface area contributed by atoms with Crippen molar-refractivity contribution in [3.05, 3.63) is 30.1 Å². The van der Waals surface area contributed by atoms with Gasteiger partial charge in [-0.05, 0) is 57.6 Å². The number of nitrogens with one attached hydrogen (secondary N) is 1. The molecule has 1 atom stereocenters. The summed E-state index contributed by atoms with van der Waals surface area (Å²) < 4.78 is 13.0. The van der Waals surface area contributed by atoms with E-state index >= 15 is 0 Å². The third-order valence-electron chi connectivity index (χ3n) is 2.97.